The first-order chi connectivity index (χ1) is 18.8. The third-order valence-electron chi connectivity index (χ3n) is 5.75. The molecule has 0 spiro atoms. The predicted molar refractivity (Wildman–Crippen MR) is 146 cm³/mol. The Morgan fingerprint density at radius 1 is 1.13 bits per heavy atom. The highest BCUT2D eigenvalue weighted by Crippen LogP contribution is 2.38. The molecule has 4 amide bonds. The lowest BCUT2D eigenvalue weighted by molar-refractivity contribution is -0.127. The molecule has 3 aromatic rings. The first-order valence-corrected chi connectivity index (χ1v) is 12.4. The summed E-state index contributed by atoms with van der Waals surface area (Å²) in [5.41, 5.74) is 3.23. The maximum Gasteiger partial charge on any atom is 0.329 e. The van der Waals surface area contributed by atoms with Gasteiger partial charge < -0.3 is 20.1 Å². The van der Waals surface area contributed by atoms with Gasteiger partial charge in [-0.1, -0.05) is 47.5 Å². The number of halogens is 1. The fourth-order valence-corrected chi connectivity index (χ4v) is 4.12. The minimum atomic E-state index is -0.711. The van der Waals surface area contributed by atoms with Gasteiger partial charge in [-0.25, -0.2) is 9.69 Å². The molecule has 0 unspecified atom stereocenters. The van der Waals surface area contributed by atoms with Crippen molar-refractivity contribution in [3.8, 4) is 17.6 Å². The van der Waals surface area contributed by atoms with Gasteiger partial charge in [-0.15, -0.1) is 0 Å². The Balaban J connectivity index is 1.50. The number of aryl methyl sites for hydroxylation is 1. The van der Waals surface area contributed by atoms with Gasteiger partial charge in [0, 0.05) is 11.3 Å². The first-order valence-electron chi connectivity index (χ1n) is 12.1. The number of carbonyl (C=O) groups excluding carboxylic acids is 3. The fourth-order valence-electron chi connectivity index (χ4n) is 3.84. The summed E-state index contributed by atoms with van der Waals surface area (Å²) in [5, 5.41) is 14.7. The number of nitriles is 1. The standard InChI is InChI=1S/C29H25ClN4O5/c1-3-38-25-14-19(12-23(30)27(25)39-17-21-7-5-4-6-20(21)15-31)13-24-28(36)34(29(37)33-24)16-26(35)32-22-10-8-18(2)9-11-22/h4-14H,3,16-17H2,1-2H3,(H,32,35)(H,33,37). The smallest absolute Gasteiger partial charge is 0.329 e. The highest BCUT2D eigenvalue weighted by Gasteiger charge is 2.35. The van der Waals surface area contributed by atoms with Crippen LogP contribution in [0.5, 0.6) is 11.5 Å². The molecule has 1 aliphatic rings. The summed E-state index contributed by atoms with van der Waals surface area (Å²) in [6.45, 7) is 3.69. The number of carbonyl (C=O) groups is 3. The second-order valence-corrected chi connectivity index (χ2v) is 9.02. The maximum absolute atomic E-state index is 12.9. The van der Waals surface area contributed by atoms with E-state index in [-0.39, 0.29) is 23.1 Å². The third kappa shape index (κ3) is 6.55. The van der Waals surface area contributed by atoms with E-state index < -0.39 is 24.4 Å². The Labute approximate surface area is 230 Å². The van der Waals surface area contributed by atoms with Crippen LogP contribution in [0.2, 0.25) is 5.02 Å². The molecule has 1 aliphatic heterocycles. The molecule has 0 atom stereocenters. The van der Waals surface area contributed by atoms with E-state index in [0.29, 0.717) is 34.7 Å². The zero-order chi connectivity index (χ0) is 27.9. The number of ether oxygens (including phenoxy) is 2. The minimum absolute atomic E-state index is 0.0155. The number of hydrogen-bond donors (Lipinski definition) is 2. The molecule has 1 fully saturated rings. The molecule has 1 heterocycles. The Kier molecular flexibility index (Phi) is 8.49. The van der Waals surface area contributed by atoms with Crippen molar-refractivity contribution in [1.29, 1.82) is 5.26 Å². The summed E-state index contributed by atoms with van der Waals surface area (Å²) in [5.74, 6) is -0.548. The number of benzene rings is 3. The Hall–Kier alpha value is -4.81. The van der Waals surface area contributed by atoms with E-state index in [1.54, 1.807) is 49.4 Å². The molecule has 4 rings (SSSR count). The van der Waals surface area contributed by atoms with Crippen molar-refractivity contribution in [1.82, 2.24) is 10.2 Å². The van der Waals surface area contributed by atoms with Crippen molar-refractivity contribution in [2.45, 2.75) is 20.5 Å². The van der Waals surface area contributed by atoms with Crippen LogP contribution in [0.4, 0.5) is 10.5 Å². The van der Waals surface area contributed by atoms with Gasteiger partial charge in [-0.3, -0.25) is 9.59 Å². The molecule has 1 saturated heterocycles. The molecule has 9 nitrogen and oxygen atoms in total. The van der Waals surface area contributed by atoms with Gasteiger partial charge in [-0.2, -0.15) is 5.26 Å². The number of nitrogens with zero attached hydrogens (tertiary/aromatic N) is 2. The number of hydrogen-bond acceptors (Lipinski definition) is 6. The van der Waals surface area contributed by atoms with Gasteiger partial charge in [0.2, 0.25) is 5.91 Å². The third-order valence-corrected chi connectivity index (χ3v) is 6.03. The van der Waals surface area contributed by atoms with E-state index in [4.69, 9.17) is 21.1 Å². The molecule has 0 bridgehead atoms. The largest absolute Gasteiger partial charge is 0.490 e. The number of anilines is 1. The highest BCUT2D eigenvalue weighted by molar-refractivity contribution is 6.32. The molecule has 3 aromatic carbocycles. The Morgan fingerprint density at radius 3 is 2.59 bits per heavy atom. The molecule has 0 aliphatic carbocycles. The summed E-state index contributed by atoms with van der Waals surface area (Å²) in [6, 6.07) is 18.8. The average Bonchev–Trinajstić information content (AvgIpc) is 3.17. The molecule has 0 saturated carbocycles. The first kappa shape index (κ1) is 27.2. The number of urea groups is 1. The van der Waals surface area contributed by atoms with Crippen molar-refractivity contribution in [2.75, 3.05) is 18.5 Å². The van der Waals surface area contributed by atoms with Crippen molar-refractivity contribution in [3.05, 3.63) is 93.6 Å². The topological polar surface area (TPSA) is 121 Å². The molecule has 0 radical (unpaired) electrons. The molecule has 10 heteroatoms. The predicted octanol–water partition coefficient (Wildman–Crippen LogP) is 5.03. The average molecular weight is 545 g/mol. The van der Waals surface area contributed by atoms with Crippen LogP contribution in [0.1, 0.15) is 29.2 Å². The lowest BCUT2D eigenvalue weighted by atomic mass is 10.1. The zero-order valence-electron chi connectivity index (χ0n) is 21.3. The normalized spacial score (nSPS) is 13.7. The fraction of sp³-hybridized carbons (Fsp3) is 0.172. The Morgan fingerprint density at radius 2 is 1.87 bits per heavy atom. The summed E-state index contributed by atoms with van der Waals surface area (Å²) in [4.78, 5) is 38.6. The maximum atomic E-state index is 12.9. The van der Waals surface area contributed by atoms with Crippen LogP contribution in [0.25, 0.3) is 6.08 Å². The van der Waals surface area contributed by atoms with E-state index in [9.17, 15) is 19.6 Å². The monoisotopic (exact) mass is 544 g/mol. The van der Waals surface area contributed by atoms with Crippen molar-refractivity contribution < 1.29 is 23.9 Å². The highest BCUT2D eigenvalue weighted by atomic mass is 35.5. The van der Waals surface area contributed by atoms with Crippen molar-refractivity contribution in [3.63, 3.8) is 0 Å². The van der Waals surface area contributed by atoms with Gasteiger partial charge in [0.05, 0.1) is 23.3 Å². The number of nitrogens with one attached hydrogen (secondary N) is 2. The van der Waals surface area contributed by atoms with E-state index in [2.05, 4.69) is 16.7 Å². The van der Waals surface area contributed by atoms with E-state index >= 15 is 0 Å². The van der Waals surface area contributed by atoms with Gasteiger partial charge in [0.15, 0.2) is 11.5 Å². The van der Waals surface area contributed by atoms with Gasteiger partial charge in [0.25, 0.3) is 5.91 Å². The second kappa shape index (κ2) is 12.2. The van der Waals surface area contributed by atoms with Gasteiger partial charge in [-0.05, 0) is 55.8 Å². The van der Waals surface area contributed by atoms with E-state index in [1.165, 1.54) is 6.08 Å². The van der Waals surface area contributed by atoms with Crippen LogP contribution < -0.4 is 20.1 Å². The van der Waals surface area contributed by atoms with Gasteiger partial charge >= 0.3 is 6.03 Å². The second-order valence-electron chi connectivity index (χ2n) is 8.61. The van der Waals surface area contributed by atoms with Gasteiger partial charge in [0.1, 0.15) is 18.8 Å². The lowest BCUT2D eigenvalue weighted by Crippen LogP contribution is -2.38. The molecular weight excluding hydrogens is 520 g/mol. The van der Waals surface area contributed by atoms with E-state index in [0.717, 1.165) is 10.5 Å². The molecule has 198 valence electrons. The molecular formula is C29H25ClN4O5. The quantitative estimate of drug-likeness (QED) is 0.288. The minimum Gasteiger partial charge on any atom is -0.490 e. The summed E-state index contributed by atoms with van der Waals surface area (Å²) >= 11 is 6.51. The van der Waals surface area contributed by atoms with Crippen molar-refractivity contribution in [2.24, 2.45) is 0 Å². The SMILES string of the molecule is CCOc1cc(C=C2NC(=O)N(CC(=O)Nc3ccc(C)cc3)C2=O)cc(Cl)c1OCc1ccccc1C#N. The summed E-state index contributed by atoms with van der Waals surface area (Å²) < 4.78 is 11.6. The number of amides is 4. The zero-order valence-corrected chi connectivity index (χ0v) is 22.0. The van der Waals surface area contributed by atoms with Crippen LogP contribution in [0.3, 0.4) is 0 Å². The van der Waals surface area contributed by atoms with Crippen LogP contribution in [-0.4, -0.2) is 35.9 Å². The van der Waals surface area contributed by atoms with Crippen molar-refractivity contribution >= 4 is 41.2 Å². The molecule has 0 aromatic heterocycles. The van der Waals surface area contributed by atoms with Crippen LogP contribution in [0.15, 0.2) is 66.4 Å². The van der Waals surface area contributed by atoms with Crippen LogP contribution in [-0.2, 0) is 16.2 Å². The number of imide groups is 1. The van der Waals surface area contributed by atoms with Crippen LogP contribution in [0, 0.1) is 18.3 Å². The Bertz CT molecular complexity index is 1490. The van der Waals surface area contributed by atoms with E-state index in [1.807, 2.05) is 25.1 Å². The summed E-state index contributed by atoms with van der Waals surface area (Å²) in [6.07, 6.45) is 1.45. The summed E-state index contributed by atoms with van der Waals surface area (Å²) in [7, 11) is 0. The molecule has 39 heavy (non-hydrogen) atoms. The van der Waals surface area contributed by atoms with Crippen LogP contribution >= 0.6 is 11.6 Å². The lowest BCUT2D eigenvalue weighted by Gasteiger charge is -2.15. The molecule has 2 N–H and O–H groups in total. The number of rotatable bonds is 9.